The second-order valence-corrected chi connectivity index (χ2v) is 10.1. The summed E-state index contributed by atoms with van der Waals surface area (Å²) in [6.45, 7) is 7.76. The molecule has 0 aliphatic rings. The largest absolute Gasteiger partial charge is 0.497 e. The molecule has 3 aromatic carbocycles. The van der Waals surface area contributed by atoms with Crippen LogP contribution in [0.4, 0.5) is 18.9 Å². The number of amides is 1. The molecule has 9 heteroatoms. The minimum atomic E-state index is -4.49. The van der Waals surface area contributed by atoms with Crippen LogP contribution in [0.15, 0.2) is 54.6 Å². The Labute approximate surface area is 226 Å². The van der Waals surface area contributed by atoms with Crippen LogP contribution in [0.3, 0.4) is 0 Å². The third-order valence-corrected chi connectivity index (χ3v) is 6.83. The zero-order valence-corrected chi connectivity index (χ0v) is 23.2. The summed E-state index contributed by atoms with van der Waals surface area (Å²) in [5.74, 6) is 0.946. The molecule has 1 aromatic heterocycles. The molecule has 206 valence electrons. The van der Waals surface area contributed by atoms with Crippen LogP contribution in [0.5, 0.6) is 5.75 Å². The minimum absolute atomic E-state index is 0.104. The molecule has 0 atom stereocenters. The van der Waals surface area contributed by atoms with Crippen molar-refractivity contribution in [1.82, 2.24) is 14.5 Å². The first-order valence-corrected chi connectivity index (χ1v) is 12.6. The van der Waals surface area contributed by atoms with Crippen LogP contribution >= 0.6 is 0 Å². The molecular formula is C30H33F3N4O2. The number of alkyl halides is 3. The van der Waals surface area contributed by atoms with Gasteiger partial charge in [-0.25, -0.2) is 4.98 Å². The van der Waals surface area contributed by atoms with Gasteiger partial charge in [0.25, 0.3) is 5.91 Å². The number of aromatic nitrogens is 2. The fourth-order valence-corrected chi connectivity index (χ4v) is 4.75. The molecule has 0 spiro atoms. The average Bonchev–Trinajstić information content (AvgIpc) is 3.23. The van der Waals surface area contributed by atoms with Gasteiger partial charge in [0.2, 0.25) is 0 Å². The van der Waals surface area contributed by atoms with E-state index in [4.69, 9.17) is 4.74 Å². The fraction of sp³-hybridized carbons (Fsp3) is 0.333. The average molecular weight is 539 g/mol. The number of rotatable bonds is 7. The molecule has 0 saturated carbocycles. The molecular weight excluding hydrogens is 505 g/mol. The lowest BCUT2D eigenvalue weighted by Crippen LogP contribution is -2.38. The van der Waals surface area contributed by atoms with E-state index in [1.54, 1.807) is 28.7 Å². The standard InChI is InChI=1S/C30H33F3N4O2/c1-18(2)36(29(38)28-19(3)14-23(35(5)6)15-20(28)4)17-27-34-25-16-21(30(31,32)33)8-13-26(25)37(27)22-9-11-24(39-7)12-10-22/h8-16,18H,17H2,1-7H3. The van der Waals surface area contributed by atoms with E-state index in [2.05, 4.69) is 4.98 Å². The van der Waals surface area contributed by atoms with Crippen molar-refractivity contribution in [3.05, 3.63) is 82.7 Å². The molecule has 0 aliphatic heterocycles. The first kappa shape index (κ1) is 28.0. The van der Waals surface area contributed by atoms with Crippen molar-refractivity contribution in [2.45, 2.75) is 46.5 Å². The van der Waals surface area contributed by atoms with E-state index in [1.807, 2.05) is 71.0 Å². The van der Waals surface area contributed by atoms with Crippen LogP contribution in [0.25, 0.3) is 16.7 Å². The van der Waals surface area contributed by atoms with Gasteiger partial charge in [-0.1, -0.05) is 0 Å². The Morgan fingerprint density at radius 1 is 1.00 bits per heavy atom. The van der Waals surface area contributed by atoms with Gasteiger partial charge in [0, 0.05) is 37.1 Å². The Morgan fingerprint density at radius 3 is 2.13 bits per heavy atom. The van der Waals surface area contributed by atoms with Gasteiger partial charge >= 0.3 is 6.18 Å². The van der Waals surface area contributed by atoms with E-state index in [-0.39, 0.29) is 24.0 Å². The summed E-state index contributed by atoms with van der Waals surface area (Å²) < 4.78 is 47.5. The predicted molar refractivity (Wildman–Crippen MR) is 148 cm³/mol. The minimum Gasteiger partial charge on any atom is -0.497 e. The molecule has 0 N–H and O–H groups in total. The number of carbonyl (C=O) groups excluding carboxylic acids is 1. The fourth-order valence-electron chi connectivity index (χ4n) is 4.75. The molecule has 39 heavy (non-hydrogen) atoms. The number of halogens is 3. The van der Waals surface area contributed by atoms with Gasteiger partial charge in [0.15, 0.2) is 0 Å². The summed E-state index contributed by atoms with van der Waals surface area (Å²) >= 11 is 0. The van der Waals surface area contributed by atoms with Crippen molar-refractivity contribution < 1.29 is 22.7 Å². The van der Waals surface area contributed by atoms with E-state index < -0.39 is 11.7 Å². The summed E-state index contributed by atoms with van der Waals surface area (Å²) in [5.41, 5.74) is 3.97. The molecule has 0 bridgehead atoms. The van der Waals surface area contributed by atoms with Crippen LogP contribution in [-0.2, 0) is 12.7 Å². The zero-order valence-electron chi connectivity index (χ0n) is 23.2. The highest BCUT2D eigenvalue weighted by molar-refractivity contribution is 5.98. The van der Waals surface area contributed by atoms with E-state index in [0.717, 1.165) is 28.9 Å². The number of anilines is 1. The number of ether oxygens (including phenoxy) is 1. The van der Waals surface area contributed by atoms with Crippen LogP contribution in [0.2, 0.25) is 0 Å². The summed E-state index contributed by atoms with van der Waals surface area (Å²) in [4.78, 5) is 22.3. The Kier molecular flexibility index (Phi) is 7.63. The van der Waals surface area contributed by atoms with E-state index >= 15 is 0 Å². The highest BCUT2D eigenvalue weighted by Gasteiger charge is 2.32. The molecule has 4 rings (SSSR count). The zero-order chi connectivity index (χ0) is 28.6. The Bertz CT molecular complexity index is 1480. The third kappa shape index (κ3) is 5.57. The van der Waals surface area contributed by atoms with Crippen molar-refractivity contribution in [2.75, 3.05) is 26.1 Å². The van der Waals surface area contributed by atoms with E-state index in [1.165, 1.54) is 6.07 Å². The second-order valence-electron chi connectivity index (χ2n) is 10.1. The Hall–Kier alpha value is -4.01. The maximum absolute atomic E-state index is 14.0. The molecule has 1 amide bonds. The SMILES string of the molecule is COc1ccc(-n2c(CN(C(=O)c3c(C)cc(N(C)C)cc3C)C(C)C)nc3cc(C(F)(F)F)ccc32)cc1. The number of nitrogens with zero attached hydrogens (tertiary/aromatic N) is 4. The van der Waals surface area contributed by atoms with Crippen molar-refractivity contribution >= 4 is 22.6 Å². The summed E-state index contributed by atoms with van der Waals surface area (Å²) in [6, 6.07) is 14.5. The first-order chi connectivity index (χ1) is 18.3. The number of fused-ring (bicyclic) bond motifs is 1. The molecule has 6 nitrogen and oxygen atoms in total. The molecule has 0 fully saturated rings. The summed E-state index contributed by atoms with van der Waals surface area (Å²) in [5, 5.41) is 0. The summed E-state index contributed by atoms with van der Waals surface area (Å²) in [6.07, 6.45) is -4.49. The number of methoxy groups -OCH3 is 1. The van der Waals surface area contributed by atoms with Crippen LogP contribution in [-0.4, -0.2) is 47.6 Å². The molecule has 0 saturated heterocycles. The maximum atomic E-state index is 14.0. The Morgan fingerprint density at radius 2 is 1.62 bits per heavy atom. The highest BCUT2D eigenvalue weighted by Crippen LogP contribution is 2.33. The molecule has 4 aromatic rings. The lowest BCUT2D eigenvalue weighted by Gasteiger charge is -2.29. The Balaban J connectivity index is 1.84. The topological polar surface area (TPSA) is 50.6 Å². The third-order valence-electron chi connectivity index (χ3n) is 6.83. The van der Waals surface area contributed by atoms with E-state index in [9.17, 15) is 18.0 Å². The summed E-state index contributed by atoms with van der Waals surface area (Å²) in [7, 11) is 5.46. The smallest absolute Gasteiger partial charge is 0.416 e. The maximum Gasteiger partial charge on any atom is 0.416 e. The lowest BCUT2D eigenvalue weighted by atomic mass is 9.99. The number of hydrogen-bond acceptors (Lipinski definition) is 4. The van der Waals surface area contributed by atoms with Crippen LogP contribution < -0.4 is 9.64 Å². The number of aryl methyl sites for hydroxylation is 2. The van der Waals surface area contributed by atoms with Gasteiger partial charge in [0.05, 0.1) is 30.3 Å². The highest BCUT2D eigenvalue weighted by atomic mass is 19.4. The van der Waals surface area contributed by atoms with Crippen molar-refractivity contribution in [3.8, 4) is 11.4 Å². The molecule has 1 heterocycles. The molecule has 0 unspecified atom stereocenters. The lowest BCUT2D eigenvalue weighted by molar-refractivity contribution is -0.137. The van der Waals surface area contributed by atoms with E-state index in [0.29, 0.717) is 28.3 Å². The van der Waals surface area contributed by atoms with Crippen LogP contribution in [0, 0.1) is 13.8 Å². The predicted octanol–water partition coefficient (Wildman–Crippen LogP) is 6.79. The van der Waals surface area contributed by atoms with Gasteiger partial charge in [-0.05, 0) is 93.4 Å². The first-order valence-electron chi connectivity index (χ1n) is 12.6. The van der Waals surface area contributed by atoms with Gasteiger partial charge in [0.1, 0.15) is 11.6 Å². The molecule has 0 radical (unpaired) electrons. The second kappa shape index (κ2) is 10.6. The van der Waals surface area contributed by atoms with Crippen molar-refractivity contribution in [1.29, 1.82) is 0 Å². The number of hydrogen-bond donors (Lipinski definition) is 0. The number of carbonyl (C=O) groups is 1. The van der Waals surface area contributed by atoms with Gasteiger partial charge in [-0.15, -0.1) is 0 Å². The normalized spacial score (nSPS) is 11.8. The quantitative estimate of drug-likeness (QED) is 0.260. The van der Waals surface area contributed by atoms with Gasteiger partial charge < -0.3 is 14.5 Å². The number of benzene rings is 3. The van der Waals surface area contributed by atoms with Crippen molar-refractivity contribution in [3.63, 3.8) is 0 Å². The molecule has 0 aliphatic carbocycles. The van der Waals surface area contributed by atoms with Crippen LogP contribution in [0.1, 0.15) is 46.7 Å². The van der Waals surface area contributed by atoms with Crippen molar-refractivity contribution in [2.24, 2.45) is 0 Å². The number of imidazole rings is 1. The van der Waals surface area contributed by atoms with Gasteiger partial charge in [-0.3, -0.25) is 9.36 Å². The monoisotopic (exact) mass is 538 g/mol. The van der Waals surface area contributed by atoms with Gasteiger partial charge in [-0.2, -0.15) is 13.2 Å².